The highest BCUT2D eigenvalue weighted by molar-refractivity contribution is 5.82. The van der Waals surface area contributed by atoms with Crippen LogP contribution in [0.3, 0.4) is 0 Å². The van der Waals surface area contributed by atoms with Crippen molar-refractivity contribution in [2.45, 2.75) is 44.2 Å². The highest BCUT2D eigenvalue weighted by Gasteiger charge is 2.65. The molecule has 3 saturated carbocycles. The second kappa shape index (κ2) is 4.82. The summed E-state index contributed by atoms with van der Waals surface area (Å²) in [7, 11) is 1.67. The SMILES string of the molecule is COCCCC(N)C(=O)NC1C2C3CCC(C3)C12. The summed E-state index contributed by atoms with van der Waals surface area (Å²) < 4.78 is 4.98. The summed E-state index contributed by atoms with van der Waals surface area (Å²) in [6.07, 6.45) is 5.76. The lowest BCUT2D eigenvalue weighted by atomic mass is 10.0. The van der Waals surface area contributed by atoms with Crippen LogP contribution >= 0.6 is 0 Å². The molecule has 0 saturated heterocycles. The molecule has 5 atom stereocenters. The molecular weight excluding hydrogens is 228 g/mol. The Morgan fingerprint density at radius 2 is 2.06 bits per heavy atom. The van der Waals surface area contributed by atoms with E-state index in [1.54, 1.807) is 7.11 Å². The average molecular weight is 252 g/mol. The zero-order valence-corrected chi connectivity index (χ0v) is 11.1. The number of fused-ring (bicyclic) bond motifs is 5. The van der Waals surface area contributed by atoms with Crippen molar-refractivity contribution in [2.75, 3.05) is 13.7 Å². The maximum absolute atomic E-state index is 12.0. The predicted molar refractivity (Wildman–Crippen MR) is 68.8 cm³/mol. The molecule has 1 amide bonds. The first-order valence-corrected chi connectivity index (χ1v) is 7.27. The van der Waals surface area contributed by atoms with Crippen LogP contribution in [0.2, 0.25) is 0 Å². The standard InChI is InChI=1S/C14H24N2O2/c1-18-6-2-3-10(15)14(17)16-13-11-8-4-5-9(7-8)12(11)13/h8-13H,2-7,15H2,1H3,(H,16,17). The Balaban J connectivity index is 1.43. The molecule has 3 rings (SSSR count). The van der Waals surface area contributed by atoms with Crippen LogP contribution in [-0.2, 0) is 9.53 Å². The summed E-state index contributed by atoms with van der Waals surface area (Å²) in [5.41, 5.74) is 5.90. The Morgan fingerprint density at radius 3 is 2.67 bits per heavy atom. The minimum absolute atomic E-state index is 0.0462. The number of methoxy groups -OCH3 is 1. The van der Waals surface area contributed by atoms with Crippen LogP contribution in [-0.4, -0.2) is 31.7 Å². The Labute approximate surface area is 109 Å². The Bertz CT molecular complexity index is 318. The molecule has 0 aromatic carbocycles. The third-order valence-corrected chi connectivity index (χ3v) is 5.24. The minimum atomic E-state index is -0.362. The molecule has 0 aromatic heterocycles. The van der Waals surface area contributed by atoms with E-state index in [2.05, 4.69) is 5.32 Å². The third kappa shape index (κ3) is 2.05. The third-order valence-electron chi connectivity index (χ3n) is 5.24. The van der Waals surface area contributed by atoms with Crippen LogP contribution in [0.1, 0.15) is 32.1 Å². The number of amides is 1. The van der Waals surface area contributed by atoms with Gasteiger partial charge in [-0.15, -0.1) is 0 Å². The van der Waals surface area contributed by atoms with Gasteiger partial charge in [-0.1, -0.05) is 0 Å². The number of rotatable bonds is 6. The van der Waals surface area contributed by atoms with Crippen LogP contribution < -0.4 is 11.1 Å². The number of nitrogens with two attached hydrogens (primary N) is 1. The lowest BCUT2D eigenvalue weighted by molar-refractivity contribution is -0.122. The van der Waals surface area contributed by atoms with Crippen LogP contribution in [0, 0.1) is 23.7 Å². The first-order valence-electron chi connectivity index (χ1n) is 7.27. The van der Waals surface area contributed by atoms with Gasteiger partial charge in [-0.25, -0.2) is 0 Å². The van der Waals surface area contributed by atoms with Gasteiger partial charge in [0.25, 0.3) is 0 Å². The fourth-order valence-electron chi connectivity index (χ4n) is 4.37. The van der Waals surface area contributed by atoms with E-state index in [9.17, 15) is 4.79 Å². The summed E-state index contributed by atoms with van der Waals surface area (Å²) in [6.45, 7) is 0.680. The molecular formula is C14H24N2O2. The van der Waals surface area contributed by atoms with E-state index >= 15 is 0 Å². The maximum Gasteiger partial charge on any atom is 0.237 e. The van der Waals surface area contributed by atoms with Crippen molar-refractivity contribution < 1.29 is 9.53 Å². The van der Waals surface area contributed by atoms with Gasteiger partial charge in [0.2, 0.25) is 5.91 Å². The number of nitrogens with one attached hydrogen (secondary N) is 1. The van der Waals surface area contributed by atoms with E-state index in [4.69, 9.17) is 10.5 Å². The molecule has 5 unspecified atom stereocenters. The van der Waals surface area contributed by atoms with Gasteiger partial charge in [-0.2, -0.15) is 0 Å². The highest BCUT2D eigenvalue weighted by Crippen LogP contribution is 2.65. The molecule has 102 valence electrons. The number of carbonyl (C=O) groups is 1. The van der Waals surface area contributed by atoms with E-state index in [0.29, 0.717) is 19.1 Å². The van der Waals surface area contributed by atoms with Gasteiger partial charge in [-0.05, 0) is 55.8 Å². The van der Waals surface area contributed by atoms with E-state index in [1.165, 1.54) is 19.3 Å². The molecule has 0 radical (unpaired) electrons. The second-order valence-corrected chi connectivity index (χ2v) is 6.26. The smallest absolute Gasteiger partial charge is 0.237 e. The first kappa shape index (κ1) is 12.4. The number of carbonyl (C=O) groups excluding carboxylic acids is 1. The van der Waals surface area contributed by atoms with Crippen LogP contribution in [0.5, 0.6) is 0 Å². The van der Waals surface area contributed by atoms with Gasteiger partial charge >= 0.3 is 0 Å². The molecule has 0 heterocycles. The first-order chi connectivity index (χ1) is 8.72. The van der Waals surface area contributed by atoms with Crippen molar-refractivity contribution >= 4 is 5.91 Å². The molecule has 3 aliphatic rings. The van der Waals surface area contributed by atoms with E-state index in [0.717, 1.165) is 30.1 Å². The normalized spacial score (nSPS) is 41.6. The van der Waals surface area contributed by atoms with Gasteiger partial charge in [0.1, 0.15) is 0 Å². The highest BCUT2D eigenvalue weighted by atomic mass is 16.5. The molecule has 0 aromatic rings. The predicted octanol–water partition coefficient (Wildman–Crippen LogP) is 0.901. The lowest BCUT2D eigenvalue weighted by Gasteiger charge is -2.14. The second-order valence-electron chi connectivity index (χ2n) is 6.26. The topological polar surface area (TPSA) is 64.3 Å². The molecule has 18 heavy (non-hydrogen) atoms. The van der Waals surface area contributed by atoms with Crippen molar-refractivity contribution in [1.29, 1.82) is 0 Å². The lowest BCUT2D eigenvalue weighted by Crippen LogP contribution is -2.43. The summed E-state index contributed by atoms with van der Waals surface area (Å²) in [4.78, 5) is 12.0. The van der Waals surface area contributed by atoms with Crippen LogP contribution in [0.15, 0.2) is 0 Å². The Kier molecular flexibility index (Phi) is 3.32. The van der Waals surface area contributed by atoms with Crippen LogP contribution in [0.25, 0.3) is 0 Å². The van der Waals surface area contributed by atoms with Gasteiger partial charge in [0.15, 0.2) is 0 Å². The Hall–Kier alpha value is -0.610. The van der Waals surface area contributed by atoms with Crippen molar-refractivity contribution in [3.63, 3.8) is 0 Å². The molecule has 2 bridgehead atoms. The van der Waals surface area contributed by atoms with Crippen molar-refractivity contribution in [2.24, 2.45) is 29.4 Å². The van der Waals surface area contributed by atoms with E-state index in [-0.39, 0.29) is 11.9 Å². The molecule has 3 N–H and O–H groups in total. The van der Waals surface area contributed by atoms with Gasteiger partial charge < -0.3 is 15.8 Å². The largest absolute Gasteiger partial charge is 0.385 e. The Morgan fingerprint density at radius 1 is 1.39 bits per heavy atom. The fraction of sp³-hybridized carbons (Fsp3) is 0.929. The van der Waals surface area contributed by atoms with Crippen molar-refractivity contribution in [3.05, 3.63) is 0 Å². The summed E-state index contributed by atoms with van der Waals surface area (Å²) in [6, 6.07) is 0.0938. The van der Waals surface area contributed by atoms with Crippen molar-refractivity contribution in [3.8, 4) is 0 Å². The van der Waals surface area contributed by atoms with Gasteiger partial charge in [-0.3, -0.25) is 4.79 Å². The van der Waals surface area contributed by atoms with Gasteiger partial charge in [0.05, 0.1) is 6.04 Å². The molecule has 4 nitrogen and oxygen atoms in total. The summed E-state index contributed by atoms with van der Waals surface area (Å²) in [5.74, 6) is 3.42. The average Bonchev–Trinajstić information content (AvgIpc) is 2.76. The van der Waals surface area contributed by atoms with E-state index in [1.807, 2.05) is 0 Å². The minimum Gasteiger partial charge on any atom is -0.385 e. The summed E-state index contributed by atoms with van der Waals surface area (Å²) in [5, 5.41) is 3.18. The molecule has 0 aliphatic heterocycles. The number of ether oxygens (including phenoxy) is 1. The molecule has 0 spiro atoms. The molecule has 4 heteroatoms. The zero-order chi connectivity index (χ0) is 12.7. The monoisotopic (exact) mass is 252 g/mol. The van der Waals surface area contributed by atoms with E-state index < -0.39 is 0 Å². The van der Waals surface area contributed by atoms with Crippen LogP contribution in [0.4, 0.5) is 0 Å². The number of hydrogen-bond acceptors (Lipinski definition) is 3. The molecule has 3 aliphatic carbocycles. The number of hydrogen-bond donors (Lipinski definition) is 2. The quantitative estimate of drug-likeness (QED) is 0.690. The van der Waals surface area contributed by atoms with Crippen molar-refractivity contribution in [1.82, 2.24) is 5.32 Å². The zero-order valence-electron chi connectivity index (χ0n) is 11.1. The fourth-order valence-corrected chi connectivity index (χ4v) is 4.37. The van der Waals surface area contributed by atoms with Gasteiger partial charge in [0, 0.05) is 19.8 Å². The summed E-state index contributed by atoms with van der Waals surface area (Å²) >= 11 is 0. The maximum atomic E-state index is 12.0. The molecule has 3 fully saturated rings.